The van der Waals surface area contributed by atoms with Crippen LogP contribution < -0.4 is 0 Å². The van der Waals surface area contributed by atoms with Crippen molar-refractivity contribution in [2.45, 2.75) is 96.3 Å². The summed E-state index contributed by atoms with van der Waals surface area (Å²) in [5.41, 5.74) is 0. The molecule has 5 heteroatoms. The molecular formula is C19H35NO4. The summed E-state index contributed by atoms with van der Waals surface area (Å²) in [4.78, 5) is 22.0. The van der Waals surface area contributed by atoms with E-state index in [1.54, 1.807) is 0 Å². The predicted octanol–water partition coefficient (Wildman–Crippen LogP) is 4.77. The monoisotopic (exact) mass is 341 g/mol. The lowest BCUT2D eigenvalue weighted by Gasteiger charge is -2.14. The Morgan fingerprint density at radius 1 is 0.833 bits per heavy atom. The summed E-state index contributed by atoms with van der Waals surface area (Å²) in [6, 6.07) is 0. The highest BCUT2D eigenvalue weighted by molar-refractivity contribution is 5.75. The maximum Gasteiger partial charge on any atom is 0.305 e. The summed E-state index contributed by atoms with van der Waals surface area (Å²) in [6.45, 7) is -0.130. The van der Waals surface area contributed by atoms with E-state index in [0.717, 1.165) is 25.2 Å². The van der Waals surface area contributed by atoms with Crippen LogP contribution in [0.3, 0.4) is 0 Å². The molecule has 0 saturated heterocycles. The van der Waals surface area contributed by atoms with Gasteiger partial charge in [-0.3, -0.25) is 14.8 Å². The molecule has 0 heterocycles. The number of aliphatic carboxylic acids is 1. The highest BCUT2D eigenvalue weighted by Gasteiger charge is 2.12. The predicted molar refractivity (Wildman–Crippen MR) is 93.9 cm³/mol. The largest absolute Gasteiger partial charge is 0.481 e. The lowest BCUT2D eigenvalue weighted by molar-refractivity contribution is -0.167. The van der Waals surface area contributed by atoms with Crippen molar-refractivity contribution in [2.24, 2.45) is 5.92 Å². The first-order valence-electron chi connectivity index (χ1n) is 9.80. The normalized spacial score (nSPS) is 15.9. The highest BCUT2D eigenvalue weighted by Crippen LogP contribution is 2.27. The second kappa shape index (κ2) is 13.2. The molecule has 0 bridgehead atoms. The van der Waals surface area contributed by atoms with Gasteiger partial charge in [0.1, 0.15) is 0 Å². The van der Waals surface area contributed by atoms with Gasteiger partial charge in [0.05, 0.1) is 13.0 Å². The van der Waals surface area contributed by atoms with E-state index in [0.29, 0.717) is 11.5 Å². The standard InChI is InChI=1S/C19H35NO4/c21-18(20(24)16-15-19(22)23)14-10-4-2-1-3-7-11-17-12-8-5-6-9-13-17/h17,24H,1-16H2,(H,22,23). The Bertz CT molecular complexity index is 351. The Kier molecular flexibility index (Phi) is 11.5. The Balaban J connectivity index is 1.90. The minimum absolute atomic E-state index is 0.130. The third-order valence-corrected chi connectivity index (χ3v) is 5.05. The van der Waals surface area contributed by atoms with Gasteiger partial charge in [-0.15, -0.1) is 0 Å². The van der Waals surface area contributed by atoms with Crippen LogP contribution in [0, 0.1) is 5.92 Å². The van der Waals surface area contributed by atoms with Crippen LogP contribution in [-0.4, -0.2) is 33.8 Å². The van der Waals surface area contributed by atoms with Gasteiger partial charge in [-0.2, -0.15) is 0 Å². The number of carboxylic acids is 1. The number of unbranched alkanes of at least 4 members (excludes halogenated alkanes) is 5. The van der Waals surface area contributed by atoms with Gasteiger partial charge >= 0.3 is 5.97 Å². The van der Waals surface area contributed by atoms with Crippen LogP contribution in [0.4, 0.5) is 0 Å². The molecule has 0 aromatic heterocycles. The zero-order valence-corrected chi connectivity index (χ0v) is 15.0. The van der Waals surface area contributed by atoms with Crippen LogP contribution in [0.15, 0.2) is 0 Å². The molecule has 0 unspecified atom stereocenters. The summed E-state index contributed by atoms with van der Waals surface area (Å²) >= 11 is 0. The number of hydrogen-bond acceptors (Lipinski definition) is 3. The molecule has 1 fully saturated rings. The molecule has 0 radical (unpaired) electrons. The summed E-state index contributed by atoms with van der Waals surface area (Å²) in [5, 5.41) is 18.5. The highest BCUT2D eigenvalue weighted by atomic mass is 16.5. The van der Waals surface area contributed by atoms with Crippen LogP contribution in [-0.2, 0) is 9.59 Å². The number of amides is 1. The molecule has 0 aromatic carbocycles. The Morgan fingerprint density at radius 3 is 2.04 bits per heavy atom. The minimum atomic E-state index is -1.01. The smallest absolute Gasteiger partial charge is 0.305 e. The van der Waals surface area contributed by atoms with Crippen LogP contribution in [0.1, 0.15) is 96.3 Å². The van der Waals surface area contributed by atoms with E-state index in [1.807, 2.05) is 0 Å². The Labute approximate surface area is 146 Å². The molecule has 0 atom stereocenters. The topological polar surface area (TPSA) is 77.8 Å². The number of nitrogens with zero attached hydrogens (tertiary/aromatic N) is 1. The first-order valence-corrected chi connectivity index (χ1v) is 9.80. The molecule has 1 aliphatic rings. The van der Waals surface area contributed by atoms with E-state index >= 15 is 0 Å². The molecule has 0 spiro atoms. The molecule has 1 amide bonds. The second-order valence-electron chi connectivity index (χ2n) is 7.18. The average Bonchev–Trinajstić information content (AvgIpc) is 2.83. The summed E-state index contributed by atoms with van der Waals surface area (Å²) in [6.07, 6.45) is 16.8. The van der Waals surface area contributed by atoms with Gasteiger partial charge in [0.15, 0.2) is 0 Å². The molecule has 140 valence electrons. The van der Waals surface area contributed by atoms with E-state index in [2.05, 4.69) is 0 Å². The van der Waals surface area contributed by atoms with Gasteiger partial charge in [0.2, 0.25) is 5.91 Å². The maximum absolute atomic E-state index is 11.6. The first kappa shape index (κ1) is 20.9. The fourth-order valence-electron chi connectivity index (χ4n) is 3.52. The molecule has 24 heavy (non-hydrogen) atoms. The Morgan fingerprint density at radius 2 is 1.42 bits per heavy atom. The molecule has 0 aliphatic heterocycles. The van der Waals surface area contributed by atoms with Crippen LogP contribution >= 0.6 is 0 Å². The van der Waals surface area contributed by atoms with Crippen molar-refractivity contribution >= 4 is 11.9 Å². The number of hydrogen-bond donors (Lipinski definition) is 2. The van der Waals surface area contributed by atoms with E-state index in [9.17, 15) is 14.8 Å². The molecule has 2 N–H and O–H groups in total. The maximum atomic E-state index is 11.6. The van der Waals surface area contributed by atoms with Crippen molar-refractivity contribution in [1.29, 1.82) is 0 Å². The van der Waals surface area contributed by atoms with Crippen LogP contribution in [0.5, 0.6) is 0 Å². The summed E-state index contributed by atoms with van der Waals surface area (Å²) in [7, 11) is 0. The van der Waals surface area contributed by atoms with Crippen LogP contribution in [0.25, 0.3) is 0 Å². The van der Waals surface area contributed by atoms with Crippen molar-refractivity contribution < 1.29 is 19.9 Å². The number of carbonyl (C=O) groups excluding carboxylic acids is 1. The third-order valence-electron chi connectivity index (χ3n) is 5.05. The van der Waals surface area contributed by atoms with E-state index < -0.39 is 5.97 Å². The van der Waals surface area contributed by atoms with Crippen molar-refractivity contribution in [3.63, 3.8) is 0 Å². The lowest BCUT2D eigenvalue weighted by Crippen LogP contribution is -2.29. The molecule has 5 nitrogen and oxygen atoms in total. The van der Waals surface area contributed by atoms with Crippen LogP contribution in [0.2, 0.25) is 0 Å². The zero-order valence-electron chi connectivity index (χ0n) is 15.0. The number of carboxylic acid groups (broad SMARTS) is 1. The molecule has 1 rings (SSSR count). The first-order chi connectivity index (χ1) is 11.6. The van der Waals surface area contributed by atoms with Gasteiger partial charge < -0.3 is 5.11 Å². The van der Waals surface area contributed by atoms with E-state index in [4.69, 9.17) is 5.11 Å². The number of carbonyl (C=O) groups is 2. The second-order valence-corrected chi connectivity index (χ2v) is 7.18. The average molecular weight is 341 g/mol. The number of rotatable bonds is 12. The minimum Gasteiger partial charge on any atom is -0.481 e. The van der Waals surface area contributed by atoms with Crippen molar-refractivity contribution in [3.8, 4) is 0 Å². The number of hydroxylamine groups is 2. The molecule has 1 aliphatic carbocycles. The summed E-state index contributed by atoms with van der Waals surface area (Å²) < 4.78 is 0. The van der Waals surface area contributed by atoms with Gasteiger partial charge in [0.25, 0.3) is 0 Å². The van der Waals surface area contributed by atoms with E-state index in [-0.39, 0.29) is 18.9 Å². The molecule has 1 saturated carbocycles. The quantitative estimate of drug-likeness (QED) is 0.232. The fourth-order valence-corrected chi connectivity index (χ4v) is 3.52. The molecule has 0 aromatic rings. The van der Waals surface area contributed by atoms with E-state index in [1.165, 1.54) is 64.2 Å². The lowest BCUT2D eigenvalue weighted by atomic mass is 9.93. The SMILES string of the molecule is O=C(O)CCN(O)C(=O)CCCCCCCCC1CCCCCC1. The molecular weight excluding hydrogens is 306 g/mol. The van der Waals surface area contributed by atoms with Gasteiger partial charge in [-0.05, 0) is 12.3 Å². The summed E-state index contributed by atoms with van der Waals surface area (Å²) in [5.74, 6) is -0.415. The van der Waals surface area contributed by atoms with Gasteiger partial charge in [0, 0.05) is 6.42 Å². The Hall–Kier alpha value is -1.10. The van der Waals surface area contributed by atoms with Crippen molar-refractivity contribution in [1.82, 2.24) is 5.06 Å². The van der Waals surface area contributed by atoms with Gasteiger partial charge in [-0.1, -0.05) is 77.0 Å². The van der Waals surface area contributed by atoms with Gasteiger partial charge in [-0.25, -0.2) is 5.06 Å². The third kappa shape index (κ3) is 10.6. The zero-order chi connectivity index (χ0) is 17.6. The van der Waals surface area contributed by atoms with Crippen molar-refractivity contribution in [2.75, 3.05) is 6.54 Å². The van der Waals surface area contributed by atoms with Crippen molar-refractivity contribution in [3.05, 3.63) is 0 Å². The fraction of sp³-hybridized carbons (Fsp3) is 0.895.